The maximum atomic E-state index is 14.7. The van der Waals surface area contributed by atoms with Gasteiger partial charge in [-0.05, 0) is 42.2 Å². The van der Waals surface area contributed by atoms with Crippen molar-refractivity contribution in [1.29, 1.82) is 0 Å². The number of hydrogen-bond donors (Lipinski definition) is 4. The molecule has 4 N–H and O–H groups in total. The Morgan fingerprint density at radius 1 is 1.00 bits per heavy atom. The van der Waals surface area contributed by atoms with Gasteiger partial charge in [-0.15, -0.1) is 0 Å². The zero-order valence-electron chi connectivity index (χ0n) is 33.0. The number of aromatic nitrogens is 2. The second-order valence-electron chi connectivity index (χ2n) is 15.4. The Bertz CT molecular complexity index is 1660. The van der Waals surface area contributed by atoms with Gasteiger partial charge in [-0.1, -0.05) is 92.3 Å². The second kappa shape index (κ2) is 18.9. The van der Waals surface area contributed by atoms with E-state index in [9.17, 15) is 33.9 Å². The van der Waals surface area contributed by atoms with E-state index in [1.807, 2.05) is 37.3 Å². The monoisotopic (exact) mass is 747 g/mol. The summed E-state index contributed by atoms with van der Waals surface area (Å²) >= 11 is 0. The van der Waals surface area contributed by atoms with Crippen LogP contribution in [-0.2, 0) is 24.0 Å². The van der Waals surface area contributed by atoms with E-state index in [0.717, 1.165) is 5.56 Å². The van der Waals surface area contributed by atoms with Crippen molar-refractivity contribution in [2.75, 3.05) is 13.1 Å². The Balaban J connectivity index is 1.95. The molecule has 3 unspecified atom stereocenters. The molecule has 14 heteroatoms. The van der Waals surface area contributed by atoms with Crippen LogP contribution in [0, 0.1) is 17.3 Å². The first-order chi connectivity index (χ1) is 25.3. The lowest BCUT2D eigenvalue weighted by Crippen LogP contribution is -2.62. The van der Waals surface area contributed by atoms with E-state index < -0.39 is 83.0 Å². The van der Waals surface area contributed by atoms with Crippen molar-refractivity contribution in [2.24, 2.45) is 17.3 Å². The molecule has 5 amide bonds. The molecule has 0 spiro atoms. The predicted octanol–water partition coefficient (Wildman–Crippen LogP) is 2.99. The maximum absolute atomic E-state index is 14.7. The third-order valence-corrected chi connectivity index (χ3v) is 9.81. The summed E-state index contributed by atoms with van der Waals surface area (Å²) in [6.07, 6.45) is 3.66. The third kappa shape index (κ3) is 10.4. The Kier molecular flexibility index (Phi) is 15.2. The van der Waals surface area contributed by atoms with Crippen LogP contribution in [0.4, 0.5) is 0 Å². The number of carbonyl (C=O) groups excluding carboxylic acids is 6. The van der Waals surface area contributed by atoms with Crippen molar-refractivity contribution in [3.63, 3.8) is 0 Å². The molecule has 54 heavy (non-hydrogen) atoms. The number of hydrogen-bond acceptors (Lipinski definition) is 9. The van der Waals surface area contributed by atoms with Gasteiger partial charge in [0.2, 0.25) is 23.5 Å². The second-order valence-corrected chi connectivity index (χ2v) is 15.4. The zero-order valence-corrected chi connectivity index (χ0v) is 33.0. The van der Waals surface area contributed by atoms with Gasteiger partial charge < -0.3 is 30.9 Å². The van der Waals surface area contributed by atoms with Gasteiger partial charge in [0.05, 0.1) is 18.3 Å². The van der Waals surface area contributed by atoms with Gasteiger partial charge in [0.25, 0.3) is 11.8 Å². The summed E-state index contributed by atoms with van der Waals surface area (Å²) in [5, 5.41) is 19.4. The number of carbonyl (C=O) groups is 6. The molecular weight excluding hydrogens is 690 g/mol. The Labute approximate surface area is 318 Å². The predicted molar refractivity (Wildman–Crippen MR) is 203 cm³/mol. The third-order valence-electron chi connectivity index (χ3n) is 9.81. The van der Waals surface area contributed by atoms with Crippen LogP contribution in [0.2, 0.25) is 0 Å². The highest BCUT2D eigenvalue weighted by Crippen LogP contribution is 2.32. The van der Waals surface area contributed by atoms with E-state index in [1.54, 1.807) is 55.4 Å². The number of aliphatic hydroxyl groups is 1. The Hall–Kier alpha value is -4.98. The Morgan fingerprint density at radius 2 is 1.65 bits per heavy atom. The molecule has 0 saturated carbocycles. The van der Waals surface area contributed by atoms with Gasteiger partial charge >= 0.3 is 0 Å². The summed E-state index contributed by atoms with van der Waals surface area (Å²) in [5.41, 5.74) is 0.265. The van der Waals surface area contributed by atoms with Crippen molar-refractivity contribution < 1.29 is 33.9 Å². The molecular formula is C40H57N7O7. The van der Waals surface area contributed by atoms with Crippen molar-refractivity contribution >= 4 is 35.3 Å². The summed E-state index contributed by atoms with van der Waals surface area (Å²) < 4.78 is 0. The van der Waals surface area contributed by atoms with E-state index >= 15 is 0 Å². The molecule has 294 valence electrons. The lowest BCUT2D eigenvalue weighted by atomic mass is 9.85. The standard InChI is InChI=1S/C40H57N7O7/c1-11-20-46(31(24(5)12-2)33(49)37(52)43-26(7)27-16-14-13-15-17-27)38(53)32-25(6)29(48)22-47(32)39(54)34(40(8,9)10)45-36(51)30(23(3)4)44-35(50)28-21-41-18-19-42-28/h13-19,21,23,25-26,29-32,34,48H,5,11-12,20,22H2,1-4,6-10H3,(H,43,52)(H,44,50)(H,45,51)/t25-,26-,29-,30+,31?,32?,34?/m0/s1. The molecule has 1 fully saturated rings. The van der Waals surface area contributed by atoms with Crippen molar-refractivity contribution in [3.8, 4) is 0 Å². The normalized spacial score (nSPS) is 19.2. The molecule has 1 aromatic carbocycles. The van der Waals surface area contributed by atoms with Gasteiger partial charge in [0, 0.05) is 31.4 Å². The fourth-order valence-electron chi connectivity index (χ4n) is 6.51. The molecule has 1 saturated heterocycles. The highest BCUT2D eigenvalue weighted by molar-refractivity contribution is 6.39. The first kappa shape index (κ1) is 43.4. The molecule has 0 bridgehead atoms. The van der Waals surface area contributed by atoms with Crippen molar-refractivity contribution in [1.82, 2.24) is 35.7 Å². The molecule has 3 rings (SSSR count). The highest BCUT2D eigenvalue weighted by Gasteiger charge is 2.51. The molecule has 14 nitrogen and oxygen atoms in total. The number of aliphatic hydroxyl groups excluding tert-OH is 1. The van der Waals surface area contributed by atoms with Gasteiger partial charge in [0.15, 0.2) is 0 Å². The first-order valence-electron chi connectivity index (χ1n) is 18.6. The summed E-state index contributed by atoms with van der Waals surface area (Å²) in [5.74, 6) is -5.38. The van der Waals surface area contributed by atoms with Crippen LogP contribution in [0.15, 0.2) is 61.1 Å². The zero-order chi connectivity index (χ0) is 40.5. The van der Waals surface area contributed by atoms with Crippen molar-refractivity contribution in [3.05, 3.63) is 72.3 Å². The summed E-state index contributed by atoms with van der Waals surface area (Å²) in [7, 11) is 0. The van der Waals surface area contributed by atoms with E-state index in [2.05, 4.69) is 32.5 Å². The van der Waals surface area contributed by atoms with Crippen LogP contribution in [-0.4, -0.2) is 104 Å². The smallest absolute Gasteiger partial charge is 0.290 e. The molecule has 0 aliphatic carbocycles. The minimum Gasteiger partial charge on any atom is -0.391 e. The summed E-state index contributed by atoms with van der Waals surface area (Å²) in [6.45, 7) is 19.7. The van der Waals surface area contributed by atoms with Crippen LogP contribution in [0.3, 0.4) is 0 Å². The van der Waals surface area contributed by atoms with Crippen LogP contribution in [0.1, 0.15) is 97.2 Å². The number of benzene rings is 1. The number of ketones is 1. The van der Waals surface area contributed by atoms with Gasteiger partial charge in [-0.3, -0.25) is 33.8 Å². The molecule has 7 atom stereocenters. The number of rotatable bonds is 16. The minimum atomic E-state index is -1.32. The van der Waals surface area contributed by atoms with Crippen LogP contribution in [0.25, 0.3) is 0 Å². The molecule has 0 radical (unpaired) electrons. The van der Waals surface area contributed by atoms with Gasteiger partial charge in [-0.25, -0.2) is 4.98 Å². The molecule has 1 aliphatic rings. The topological polar surface area (TPSA) is 191 Å². The van der Waals surface area contributed by atoms with E-state index in [-0.39, 0.29) is 24.7 Å². The van der Waals surface area contributed by atoms with E-state index in [0.29, 0.717) is 18.4 Å². The fourth-order valence-corrected chi connectivity index (χ4v) is 6.51. The largest absolute Gasteiger partial charge is 0.391 e. The number of likely N-dealkylation sites (tertiary alicyclic amines) is 1. The fraction of sp³-hybridized carbons (Fsp3) is 0.550. The minimum absolute atomic E-state index is 0.0168. The quantitative estimate of drug-likeness (QED) is 0.148. The van der Waals surface area contributed by atoms with E-state index in [1.165, 1.54) is 28.4 Å². The molecule has 2 heterocycles. The number of amides is 5. The summed E-state index contributed by atoms with van der Waals surface area (Å²) in [4.78, 5) is 94.0. The van der Waals surface area contributed by atoms with Crippen molar-refractivity contribution in [2.45, 2.75) is 111 Å². The average Bonchev–Trinajstić information content (AvgIpc) is 3.44. The number of β-amino-alcohol motifs (C(OH)–C–C–N with tert-alkyl or cyclic N) is 1. The van der Waals surface area contributed by atoms with Crippen LogP contribution >= 0.6 is 0 Å². The number of Topliss-reactive ketones (excluding diaryl/α,β-unsaturated/α-hetero) is 1. The van der Waals surface area contributed by atoms with Crippen LogP contribution < -0.4 is 16.0 Å². The Morgan fingerprint density at radius 3 is 2.19 bits per heavy atom. The lowest BCUT2D eigenvalue weighted by molar-refractivity contribution is -0.152. The highest BCUT2D eigenvalue weighted by atomic mass is 16.3. The van der Waals surface area contributed by atoms with Gasteiger partial charge in [-0.2, -0.15) is 0 Å². The average molecular weight is 748 g/mol. The first-order valence-corrected chi connectivity index (χ1v) is 18.6. The molecule has 1 aliphatic heterocycles. The SMILES string of the molecule is C=C(CC)C(C(=O)C(=O)N[C@@H](C)c1ccccc1)N(CCC)C(=O)C1[C@@H](C)[C@@H](O)CN1C(=O)C(NC(=O)[C@H](NC(=O)c1cnccn1)C(C)C)C(C)(C)C. The van der Waals surface area contributed by atoms with E-state index in [4.69, 9.17) is 0 Å². The number of nitrogens with zero attached hydrogens (tertiary/aromatic N) is 4. The maximum Gasteiger partial charge on any atom is 0.290 e. The summed E-state index contributed by atoms with van der Waals surface area (Å²) in [6, 6.07) is 3.85. The van der Waals surface area contributed by atoms with Gasteiger partial charge in [0.1, 0.15) is 29.9 Å². The lowest BCUT2D eigenvalue weighted by Gasteiger charge is -2.39. The number of nitrogens with one attached hydrogen (secondary N) is 3. The molecule has 1 aromatic heterocycles. The molecule has 2 aromatic rings. The van der Waals surface area contributed by atoms with Crippen LogP contribution in [0.5, 0.6) is 0 Å².